The van der Waals surface area contributed by atoms with Gasteiger partial charge in [-0.3, -0.25) is 4.79 Å². The van der Waals surface area contributed by atoms with Gasteiger partial charge in [0, 0.05) is 29.6 Å². The average Bonchev–Trinajstić information content (AvgIpc) is 1.35. The Morgan fingerprint density at radius 2 is 2.12 bits per heavy atom. The van der Waals surface area contributed by atoms with Crippen molar-refractivity contribution in [2.24, 2.45) is 0 Å². The Kier molecular flexibility index (Phi) is 22.6. The van der Waals surface area contributed by atoms with Crippen LogP contribution in [0.15, 0.2) is 0 Å². The van der Waals surface area contributed by atoms with Crippen LogP contribution in [0.25, 0.3) is 0 Å². The molecule has 8 heavy (non-hydrogen) atoms. The second-order valence-electron chi connectivity index (χ2n) is 0.699. The van der Waals surface area contributed by atoms with Gasteiger partial charge in [-0.25, -0.2) is 0 Å². The van der Waals surface area contributed by atoms with E-state index < -0.39 is 0 Å². The molecule has 0 aromatic rings. The van der Waals surface area contributed by atoms with Gasteiger partial charge in [-0.05, 0) is 5.75 Å². The summed E-state index contributed by atoms with van der Waals surface area (Å²) >= 11 is 4.71. The minimum atomic E-state index is -0.0995. The number of rotatable bonds is 1. The molecule has 0 saturated heterocycles. The van der Waals surface area contributed by atoms with Crippen LogP contribution >= 0.6 is 24.4 Å². The van der Waals surface area contributed by atoms with E-state index in [0.717, 1.165) is 5.75 Å². The second-order valence-corrected chi connectivity index (χ2v) is 2.64. The maximum Gasteiger partial charge on any atom is 0.242 e. The van der Waals surface area contributed by atoms with Gasteiger partial charge >= 0.3 is 0 Å². The van der Waals surface area contributed by atoms with Crippen molar-refractivity contribution in [1.29, 1.82) is 0 Å². The first kappa shape index (κ1) is 16.2. The molecule has 0 aromatic heterocycles. The van der Waals surface area contributed by atoms with Gasteiger partial charge in [0.05, 0.1) is 0 Å². The zero-order valence-corrected chi connectivity index (χ0v) is 8.68. The van der Waals surface area contributed by atoms with Gasteiger partial charge in [0.1, 0.15) is 0 Å². The predicted molar refractivity (Wildman–Crippen MR) is 41.9 cm³/mol. The molecule has 1 radical (unpaired) electrons. The second kappa shape index (κ2) is 11.2. The summed E-state index contributed by atoms with van der Waals surface area (Å²) in [5.41, 5.74) is 0. The Labute approximate surface area is 80.8 Å². The third kappa shape index (κ3) is 15.7. The third-order valence-electron chi connectivity index (χ3n) is 0.268. The maximum atomic E-state index is 9.87. The van der Waals surface area contributed by atoms with Crippen molar-refractivity contribution in [3.05, 3.63) is 0 Å². The zero-order chi connectivity index (χ0) is 4.99. The topological polar surface area (TPSA) is 48.6 Å². The minimum Gasteiger partial charge on any atom is -0.412 e. The van der Waals surface area contributed by atoms with E-state index in [4.69, 9.17) is 0 Å². The first-order valence-corrected chi connectivity index (χ1v) is 3.06. The van der Waals surface area contributed by atoms with E-state index in [9.17, 15) is 4.79 Å². The van der Waals surface area contributed by atoms with Crippen molar-refractivity contribution < 1.29 is 10.3 Å². The number of thiol groups is 1. The number of hydrogen-bond donors (Lipinski definition) is 1. The number of thioether (sulfide) groups is 1. The molecule has 0 bridgehead atoms. The van der Waals surface area contributed by atoms with Gasteiger partial charge in [0.15, 0.2) is 0 Å². The summed E-state index contributed by atoms with van der Waals surface area (Å²) in [4.78, 5) is 9.87. The van der Waals surface area contributed by atoms with Crippen molar-refractivity contribution in [3.63, 3.8) is 0 Å². The Balaban J connectivity index is -0.000000125. The Bertz CT molecular complexity index is 59.2. The molecular formula is C3H8NaO2S2. The largest absolute Gasteiger partial charge is 0.412 e. The molecule has 0 saturated carbocycles. The Hall–Kier alpha value is 1.33. The van der Waals surface area contributed by atoms with Crippen molar-refractivity contribution >= 4 is 58.4 Å². The summed E-state index contributed by atoms with van der Waals surface area (Å²) in [6, 6.07) is 0. The van der Waals surface area contributed by atoms with Crippen LogP contribution in [0.5, 0.6) is 0 Å². The van der Waals surface area contributed by atoms with E-state index in [2.05, 4.69) is 12.6 Å². The average molecular weight is 163 g/mol. The molecule has 0 spiro atoms. The standard InChI is InChI=1S/C3H6OS2.Na.H2O/c1-2-6-3(4)5;;/h2H2,1H3,(H,4,5);;1H2. The number of carbonyl (C=O) groups excluding carboxylic acids is 1. The van der Waals surface area contributed by atoms with Crippen LogP contribution in [0.1, 0.15) is 6.92 Å². The SMILES string of the molecule is CCSC(=O)S.O.[Na]. The summed E-state index contributed by atoms with van der Waals surface area (Å²) in [5, 5.41) is 0. The van der Waals surface area contributed by atoms with Crippen molar-refractivity contribution in [2.45, 2.75) is 6.92 Å². The molecule has 0 aliphatic rings. The van der Waals surface area contributed by atoms with E-state index in [0.29, 0.717) is 0 Å². The summed E-state index contributed by atoms with van der Waals surface area (Å²) in [6.45, 7) is 1.92. The van der Waals surface area contributed by atoms with E-state index in [-0.39, 0.29) is 39.5 Å². The first-order chi connectivity index (χ1) is 2.77. The summed E-state index contributed by atoms with van der Waals surface area (Å²) in [7, 11) is 0. The molecule has 2 N–H and O–H groups in total. The van der Waals surface area contributed by atoms with Crippen LogP contribution in [0, 0.1) is 0 Å². The molecule has 45 valence electrons. The normalized spacial score (nSPS) is 6.25. The molecule has 0 aliphatic carbocycles. The van der Waals surface area contributed by atoms with Gasteiger partial charge in [0.25, 0.3) is 0 Å². The van der Waals surface area contributed by atoms with Gasteiger partial charge in [-0.15, -0.1) is 0 Å². The smallest absolute Gasteiger partial charge is 0.242 e. The zero-order valence-electron chi connectivity index (χ0n) is 4.97. The summed E-state index contributed by atoms with van der Waals surface area (Å²) in [5.74, 6) is 0.822. The van der Waals surface area contributed by atoms with Crippen molar-refractivity contribution in [3.8, 4) is 0 Å². The van der Waals surface area contributed by atoms with E-state index >= 15 is 0 Å². The van der Waals surface area contributed by atoms with Crippen LogP contribution in [0.4, 0.5) is 4.79 Å². The van der Waals surface area contributed by atoms with Gasteiger partial charge in [-0.1, -0.05) is 31.3 Å². The molecule has 0 heterocycles. The van der Waals surface area contributed by atoms with Crippen molar-refractivity contribution in [2.75, 3.05) is 5.75 Å². The molecule has 0 aliphatic heterocycles. The monoisotopic (exact) mass is 163 g/mol. The molecule has 2 nitrogen and oxygen atoms in total. The molecule has 0 aromatic carbocycles. The van der Waals surface area contributed by atoms with Crippen LogP contribution in [-0.4, -0.2) is 45.2 Å². The first-order valence-electron chi connectivity index (χ1n) is 1.63. The van der Waals surface area contributed by atoms with Gasteiger partial charge in [0.2, 0.25) is 4.45 Å². The van der Waals surface area contributed by atoms with Crippen LogP contribution in [-0.2, 0) is 0 Å². The molecule has 0 unspecified atom stereocenters. The number of carbonyl (C=O) groups is 1. The summed E-state index contributed by atoms with van der Waals surface area (Å²) in [6.07, 6.45) is 0. The molecule has 0 amide bonds. The fourth-order valence-electron chi connectivity index (χ4n) is 0.123. The van der Waals surface area contributed by atoms with Gasteiger partial charge < -0.3 is 5.48 Å². The van der Waals surface area contributed by atoms with Gasteiger partial charge in [-0.2, -0.15) is 0 Å². The van der Waals surface area contributed by atoms with Crippen LogP contribution < -0.4 is 0 Å². The predicted octanol–water partition coefficient (Wildman–Crippen LogP) is 0.584. The summed E-state index contributed by atoms with van der Waals surface area (Å²) < 4.78 is -0.0995. The number of hydrogen-bond acceptors (Lipinski definition) is 2. The fraction of sp³-hybridized carbons (Fsp3) is 0.667. The molecule has 5 heteroatoms. The Morgan fingerprint density at radius 1 is 1.75 bits per heavy atom. The van der Waals surface area contributed by atoms with E-state index in [1.165, 1.54) is 11.8 Å². The molecule has 0 fully saturated rings. The quantitative estimate of drug-likeness (QED) is 0.454. The molecular weight excluding hydrogens is 155 g/mol. The van der Waals surface area contributed by atoms with E-state index in [1.807, 2.05) is 6.92 Å². The fourth-order valence-corrected chi connectivity index (χ4v) is 0.758. The minimum absolute atomic E-state index is 0. The van der Waals surface area contributed by atoms with Crippen LogP contribution in [0.3, 0.4) is 0 Å². The van der Waals surface area contributed by atoms with Crippen molar-refractivity contribution in [1.82, 2.24) is 0 Å². The molecule has 0 rings (SSSR count). The molecule has 0 atom stereocenters. The Morgan fingerprint density at radius 3 is 2.12 bits per heavy atom. The van der Waals surface area contributed by atoms with E-state index in [1.54, 1.807) is 0 Å². The maximum absolute atomic E-state index is 9.87. The van der Waals surface area contributed by atoms with Crippen LogP contribution in [0.2, 0.25) is 0 Å². The third-order valence-corrected chi connectivity index (χ3v) is 1.19.